The van der Waals surface area contributed by atoms with Gasteiger partial charge in [0.1, 0.15) is 11.4 Å². The molecular formula is C28H28N2O3. The Bertz CT molecular complexity index is 1210. The van der Waals surface area contributed by atoms with Gasteiger partial charge in [-0.1, -0.05) is 54.6 Å². The molecule has 0 fully saturated rings. The first-order valence-electron chi connectivity index (χ1n) is 11.1. The quantitative estimate of drug-likeness (QED) is 0.494. The summed E-state index contributed by atoms with van der Waals surface area (Å²) >= 11 is 0. The van der Waals surface area contributed by atoms with Crippen LogP contribution in [0.15, 0.2) is 78.5 Å². The Labute approximate surface area is 194 Å². The minimum atomic E-state index is -0.331. The van der Waals surface area contributed by atoms with Crippen LogP contribution in [0.3, 0.4) is 0 Å². The monoisotopic (exact) mass is 440 g/mol. The number of aryl methyl sites for hydroxylation is 2. The number of anilines is 1. The van der Waals surface area contributed by atoms with Crippen molar-refractivity contribution in [3.8, 4) is 5.75 Å². The molecule has 0 radical (unpaired) electrons. The van der Waals surface area contributed by atoms with Crippen molar-refractivity contribution in [3.63, 3.8) is 0 Å². The zero-order chi connectivity index (χ0) is 23.5. The Kier molecular flexibility index (Phi) is 6.31. The fraction of sp³-hybridized carbons (Fsp3) is 0.214. The van der Waals surface area contributed by atoms with E-state index in [-0.39, 0.29) is 24.5 Å². The summed E-state index contributed by atoms with van der Waals surface area (Å²) < 4.78 is 5.74. The van der Waals surface area contributed by atoms with Gasteiger partial charge < -0.3 is 10.1 Å². The Morgan fingerprint density at radius 3 is 2.24 bits per heavy atom. The maximum absolute atomic E-state index is 13.5. The van der Waals surface area contributed by atoms with Crippen LogP contribution in [0.25, 0.3) is 5.57 Å². The molecule has 0 atom stereocenters. The minimum absolute atomic E-state index is 0.0487. The molecule has 4 rings (SSSR count). The van der Waals surface area contributed by atoms with E-state index in [1.54, 1.807) is 0 Å². The summed E-state index contributed by atoms with van der Waals surface area (Å²) in [4.78, 5) is 28.3. The summed E-state index contributed by atoms with van der Waals surface area (Å²) in [6.45, 7) is 8.11. The molecule has 3 aromatic carbocycles. The second-order valence-electron chi connectivity index (χ2n) is 8.57. The van der Waals surface area contributed by atoms with E-state index in [0.29, 0.717) is 16.8 Å². The van der Waals surface area contributed by atoms with Crippen LogP contribution in [-0.2, 0) is 16.1 Å². The number of carbonyl (C=O) groups excluding carboxylic acids is 2. The van der Waals surface area contributed by atoms with Gasteiger partial charge in [-0.05, 0) is 68.1 Å². The smallest absolute Gasteiger partial charge is 0.278 e. The van der Waals surface area contributed by atoms with Crippen LogP contribution in [0.5, 0.6) is 5.75 Å². The maximum Gasteiger partial charge on any atom is 0.278 e. The second kappa shape index (κ2) is 9.33. The summed E-state index contributed by atoms with van der Waals surface area (Å²) in [5.74, 6) is 0.0766. The molecule has 0 aromatic heterocycles. The van der Waals surface area contributed by atoms with Gasteiger partial charge in [-0.25, -0.2) is 0 Å². The minimum Gasteiger partial charge on any atom is -0.491 e. The van der Waals surface area contributed by atoms with Crippen LogP contribution in [0.1, 0.15) is 36.1 Å². The number of nitrogens with one attached hydrogen (secondary N) is 1. The van der Waals surface area contributed by atoms with Crippen molar-refractivity contribution >= 4 is 23.1 Å². The van der Waals surface area contributed by atoms with Crippen LogP contribution < -0.4 is 10.1 Å². The second-order valence-corrected chi connectivity index (χ2v) is 8.57. The summed E-state index contributed by atoms with van der Waals surface area (Å²) in [5, 5.41) is 3.28. The number of amides is 2. The highest BCUT2D eigenvalue weighted by Gasteiger charge is 2.39. The summed E-state index contributed by atoms with van der Waals surface area (Å²) in [5.41, 5.74) is 5.10. The van der Waals surface area contributed by atoms with Crippen molar-refractivity contribution in [1.82, 2.24) is 4.90 Å². The predicted octanol–water partition coefficient (Wildman–Crippen LogP) is 5.48. The van der Waals surface area contributed by atoms with Gasteiger partial charge in [0.05, 0.1) is 18.2 Å². The lowest BCUT2D eigenvalue weighted by atomic mass is 10.0. The molecule has 1 aliphatic rings. The first-order chi connectivity index (χ1) is 15.8. The number of rotatable bonds is 7. The molecule has 5 heteroatoms. The van der Waals surface area contributed by atoms with E-state index >= 15 is 0 Å². The molecule has 0 unspecified atom stereocenters. The number of hydrogen-bond donors (Lipinski definition) is 1. The molecule has 5 nitrogen and oxygen atoms in total. The normalized spacial score (nSPS) is 13.8. The van der Waals surface area contributed by atoms with Crippen LogP contribution in [0.2, 0.25) is 0 Å². The third-order valence-electron chi connectivity index (χ3n) is 5.52. The van der Waals surface area contributed by atoms with E-state index < -0.39 is 0 Å². The molecular weight excluding hydrogens is 412 g/mol. The number of benzene rings is 3. The van der Waals surface area contributed by atoms with Gasteiger partial charge >= 0.3 is 0 Å². The number of imide groups is 1. The van der Waals surface area contributed by atoms with Gasteiger partial charge in [-0.2, -0.15) is 0 Å². The van der Waals surface area contributed by atoms with Gasteiger partial charge in [0.15, 0.2) is 0 Å². The molecule has 1 aliphatic heterocycles. The largest absolute Gasteiger partial charge is 0.491 e. The lowest BCUT2D eigenvalue weighted by Crippen LogP contribution is -2.32. The van der Waals surface area contributed by atoms with Crippen LogP contribution >= 0.6 is 0 Å². The van der Waals surface area contributed by atoms with Crippen molar-refractivity contribution in [2.75, 3.05) is 5.32 Å². The molecule has 0 spiro atoms. The third-order valence-corrected chi connectivity index (χ3v) is 5.52. The maximum atomic E-state index is 13.5. The van der Waals surface area contributed by atoms with Crippen LogP contribution in [0, 0.1) is 13.8 Å². The predicted molar refractivity (Wildman–Crippen MR) is 131 cm³/mol. The van der Waals surface area contributed by atoms with E-state index in [4.69, 9.17) is 4.74 Å². The average Bonchev–Trinajstić information content (AvgIpc) is 3.01. The zero-order valence-electron chi connectivity index (χ0n) is 19.4. The summed E-state index contributed by atoms with van der Waals surface area (Å²) in [7, 11) is 0. The van der Waals surface area contributed by atoms with Crippen molar-refractivity contribution in [3.05, 3.63) is 101 Å². The highest BCUT2D eigenvalue weighted by molar-refractivity contribution is 6.36. The third kappa shape index (κ3) is 4.82. The summed E-state index contributed by atoms with van der Waals surface area (Å²) in [6.07, 6.45) is 0.0487. The topological polar surface area (TPSA) is 58.6 Å². The van der Waals surface area contributed by atoms with E-state index in [1.807, 2.05) is 100 Å². The molecule has 0 bridgehead atoms. The van der Waals surface area contributed by atoms with Gasteiger partial charge in [-0.15, -0.1) is 0 Å². The number of hydrogen-bond acceptors (Lipinski definition) is 4. The molecule has 0 aliphatic carbocycles. The van der Waals surface area contributed by atoms with Gasteiger partial charge in [0, 0.05) is 5.69 Å². The number of carbonyl (C=O) groups is 2. The Balaban J connectivity index is 1.74. The molecule has 1 heterocycles. The van der Waals surface area contributed by atoms with E-state index in [0.717, 1.165) is 28.1 Å². The van der Waals surface area contributed by atoms with Crippen LogP contribution in [-0.4, -0.2) is 22.8 Å². The zero-order valence-corrected chi connectivity index (χ0v) is 19.4. The average molecular weight is 441 g/mol. The molecule has 168 valence electrons. The Hall–Kier alpha value is -3.86. The van der Waals surface area contributed by atoms with E-state index in [1.165, 1.54) is 4.90 Å². The highest BCUT2D eigenvalue weighted by atomic mass is 16.5. The molecule has 33 heavy (non-hydrogen) atoms. The molecule has 3 aromatic rings. The van der Waals surface area contributed by atoms with E-state index in [2.05, 4.69) is 5.32 Å². The van der Waals surface area contributed by atoms with Gasteiger partial charge in [-0.3, -0.25) is 14.5 Å². The highest BCUT2D eigenvalue weighted by Crippen LogP contribution is 2.33. The first-order valence-corrected chi connectivity index (χ1v) is 11.1. The van der Waals surface area contributed by atoms with E-state index in [9.17, 15) is 9.59 Å². The molecule has 0 saturated heterocycles. The number of ether oxygens (including phenoxy) is 1. The van der Waals surface area contributed by atoms with Gasteiger partial charge in [0.2, 0.25) is 0 Å². The Morgan fingerprint density at radius 2 is 1.58 bits per heavy atom. The summed E-state index contributed by atoms with van der Waals surface area (Å²) in [6, 6.07) is 22.9. The van der Waals surface area contributed by atoms with Crippen LogP contribution in [0.4, 0.5) is 5.69 Å². The van der Waals surface area contributed by atoms with Crippen molar-refractivity contribution in [2.24, 2.45) is 0 Å². The molecule has 2 amide bonds. The fourth-order valence-electron chi connectivity index (χ4n) is 3.85. The fourth-order valence-corrected chi connectivity index (χ4v) is 3.85. The lowest BCUT2D eigenvalue weighted by molar-refractivity contribution is -0.137. The van der Waals surface area contributed by atoms with Crippen molar-refractivity contribution < 1.29 is 14.3 Å². The standard InChI is InChI=1S/C28H28N2O3/c1-18(2)33-23-14-12-22(13-15-23)25-26(29-24-16-19(3)10-11-20(24)4)28(32)30(27(25)31)17-21-8-6-5-7-9-21/h5-16,18,29H,17H2,1-4H3. The van der Waals surface area contributed by atoms with Gasteiger partial charge in [0.25, 0.3) is 11.8 Å². The first kappa shape index (κ1) is 22.3. The lowest BCUT2D eigenvalue weighted by Gasteiger charge is -2.16. The molecule has 1 N–H and O–H groups in total. The number of nitrogens with zero attached hydrogens (tertiary/aromatic N) is 1. The van der Waals surface area contributed by atoms with Crippen molar-refractivity contribution in [2.45, 2.75) is 40.3 Å². The SMILES string of the molecule is Cc1ccc(C)c(NC2=C(c3ccc(OC(C)C)cc3)C(=O)N(Cc3ccccc3)C2=O)c1. The van der Waals surface area contributed by atoms with Crippen molar-refractivity contribution in [1.29, 1.82) is 0 Å². The Morgan fingerprint density at radius 1 is 0.879 bits per heavy atom. The molecule has 0 saturated carbocycles.